The van der Waals surface area contributed by atoms with Crippen molar-refractivity contribution in [1.82, 2.24) is 14.9 Å². The third kappa shape index (κ3) is 6.54. The minimum absolute atomic E-state index is 0.107. The zero-order chi connectivity index (χ0) is 26.1. The number of rotatable bonds is 13. The Balaban J connectivity index is 1.95. The summed E-state index contributed by atoms with van der Waals surface area (Å²) < 4.78 is 16.7. The van der Waals surface area contributed by atoms with E-state index >= 15 is 0 Å². The SMILES string of the molecule is CCN(CC)CCCOc1cc2c(Nc3cc(O)c(OC)cc3/C=C/C(=O)O)ncnc2cc1OC. The molecular weight excluding hydrogens is 464 g/mol. The average molecular weight is 497 g/mol. The first kappa shape index (κ1) is 26.6. The van der Waals surface area contributed by atoms with Crippen LogP contribution in [0.25, 0.3) is 17.0 Å². The van der Waals surface area contributed by atoms with Gasteiger partial charge in [0.25, 0.3) is 0 Å². The van der Waals surface area contributed by atoms with Crippen molar-refractivity contribution < 1.29 is 29.2 Å². The van der Waals surface area contributed by atoms with E-state index in [-0.39, 0.29) is 11.5 Å². The Morgan fingerprint density at radius 3 is 2.47 bits per heavy atom. The molecular formula is C26H32N4O6. The van der Waals surface area contributed by atoms with Crippen LogP contribution in [0, 0.1) is 0 Å². The highest BCUT2D eigenvalue weighted by atomic mass is 16.5. The van der Waals surface area contributed by atoms with Crippen molar-refractivity contribution in [2.24, 2.45) is 0 Å². The quantitative estimate of drug-likeness (QED) is 0.233. The van der Waals surface area contributed by atoms with Crippen LogP contribution in [-0.2, 0) is 4.79 Å². The molecule has 0 bridgehead atoms. The summed E-state index contributed by atoms with van der Waals surface area (Å²) in [5.74, 6) is 0.571. The summed E-state index contributed by atoms with van der Waals surface area (Å²) in [6.07, 6.45) is 4.68. The molecule has 0 spiro atoms. The second-order valence-corrected chi connectivity index (χ2v) is 7.88. The molecule has 3 rings (SSSR count). The Bertz CT molecular complexity index is 1230. The lowest BCUT2D eigenvalue weighted by atomic mass is 10.1. The second kappa shape index (κ2) is 12.6. The highest BCUT2D eigenvalue weighted by Crippen LogP contribution is 2.38. The fourth-order valence-corrected chi connectivity index (χ4v) is 3.73. The highest BCUT2D eigenvalue weighted by Gasteiger charge is 2.15. The molecule has 0 unspecified atom stereocenters. The topological polar surface area (TPSA) is 126 Å². The van der Waals surface area contributed by atoms with E-state index in [9.17, 15) is 9.90 Å². The van der Waals surface area contributed by atoms with Gasteiger partial charge in [-0.1, -0.05) is 13.8 Å². The summed E-state index contributed by atoms with van der Waals surface area (Å²) in [5.41, 5.74) is 1.55. The first-order chi connectivity index (χ1) is 17.4. The minimum Gasteiger partial charge on any atom is -0.504 e. The number of carboxylic acids is 1. The number of benzene rings is 2. The Morgan fingerprint density at radius 1 is 1.06 bits per heavy atom. The molecule has 0 atom stereocenters. The smallest absolute Gasteiger partial charge is 0.328 e. The molecule has 36 heavy (non-hydrogen) atoms. The van der Waals surface area contributed by atoms with E-state index in [0.717, 1.165) is 32.1 Å². The van der Waals surface area contributed by atoms with Gasteiger partial charge in [-0.25, -0.2) is 14.8 Å². The molecule has 0 aliphatic carbocycles. The van der Waals surface area contributed by atoms with Gasteiger partial charge in [0, 0.05) is 35.7 Å². The lowest BCUT2D eigenvalue weighted by Gasteiger charge is -2.18. The van der Waals surface area contributed by atoms with Gasteiger partial charge >= 0.3 is 5.97 Å². The van der Waals surface area contributed by atoms with Crippen LogP contribution in [-0.4, -0.2) is 71.5 Å². The van der Waals surface area contributed by atoms with Gasteiger partial charge in [0.1, 0.15) is 12.1 Å². The third-order valence-corrected chi connectivity index (χ3v) is 5.70. The largest absolute Gasteiger partial charge is 0.504 e. The first-order valence-electron chi connectivity index (χ1n) is 11.7. The highest BCUT2D eigenvalue weighted by molar-refractivity contribution is 5.94. The Labute approximate surface area is 210 Å². The number of carboxylic acid groups (broad SMARTS) is 1. The van der Waals surface area contributed by atoms with Gasteiger partial charge in [0.15, 0.2) is 23.0 Å². The first-order valence-corrected chi connectivity index (χ1v) is 11.7. The summed E-state index contributed by atoms with van der Waals surface area (Å²) in [5, 5.41) is 23.2. The van der Waals surface area contributed by atoms with Gasteiger partial charge in [-0.05, 0) is 37.7 Å². The number of methoxy groups -OCH3 is 2. The maximum Gasteiger partial charge on any atom is 0.328 e. The average Bonchev–Trinajstić information content (AvgIpc) is 2.88. The van der Waals surface area contributed by atoms with Crippen molar-refractivity contribution in [3.8, 4) is 23.0 Å². The third-order valence-electron chi connectivity index (χ3n) is 5.70. The van der Waals surface area contributed by atoms with Crippen LogP contribution in [0.1, 0.15) is 25.8 Å². The van der Waals surface area contributed by atoms with Crippen LogP contribution in [0.2, 0.25) is 0 Å². The number of anilines is 2. The van der Waals surface area contributed by atoms with Gasteiger partial charge in [-0.15, -0.1) is 0 Å². The molecule has 0 aliphatic heterocycles. The van der Waals surface area contributed by atoms with Crippen molar-refractivity contribution in [3.05, 3.63) is 42.2 Å². The number of nitrogens with zero attached hydrogens (tertiary/aromatic N) is 3. The monoisotopic (exact) mass is 496 g/mol. The fourth-order valence-electron chi connectivity index (χ4n) is 3.73. The van der Waals surface area contributed by atoms with Crippen molar-refractivity contribution >= 4 is 34.5 Å². The van der Waals surface area contributed by atoms with Gasteiger partial charge < -0.3 is 34.6 Å². The molecule has 0 fully saturated rings. The normalized spacial score (nSPS) is 11.2. The van der Waals surface area contributed by atoms with Crippen LogP contribution < -0.4 is 19.5 Å². The standard InChI is InChI=1S/C26H32N4O6/c1-5-30(6-2)10-7-11-36-24-13-18-20(15-23(24)35-4)27-16-28-26(18)29-19-14-21(31)22(34-3)12-17(19)8-9-25(32)33/h8-9,12-16,31H,5-7,10-11H2,1-4H3,(H,32,33)(H,27,28,29)/b9-8+. The van der Waals surface area contributed by atoms with Gasteiger partial charge in [0.2, 0.25) is 0 Å². The van der Waals surface area contributed by atoms with E-state index in [1.54, 1.807) is 13.2 Å². The number of hydrogen-bond acceptors (Lipinski definition) is 9. The lowest BCUT2D eigenvalue weighted by Crippen LogP contribution is -2.25. The van der Waals surface area contributed by atoms with Gasteiger partial charge in [-0.2, -0.15) is 0 Å². The number of ether oxygens (including phenoxy) is 3. The number of aromatic hydroxyl groups is 1. The molecule has 10 heteroatoms. The number of nitrogens with one attached hydrogen (secondary N) is 1. The molecule has 1 aromatic heterocycles. The second-order valence-electron chi connectivity index (χ2n) is 7.88. The molecule has 0 aliphatic rings. The maximum atomic E-state index is 11.1. The zero-order valence-electron chi connectivity index (χ0n) is 20.9. The number of aromatic nitrogens is 2. The number of aliphatic carboxylic acids is 1. The maximum absolute atomic E-state index is 11.1. The molecule has 1 heterocycles. The molecule has 0 radical (unpaired) electrons. The van der Waals surface area contributed by atoms with E-state index < -0.39 is 5.97 Å². The predicted octanol–water partition coefficient (Wildman–Crippen LogP) is 4.30. The van der Waals surface area contributed by atoms with Crippen LogP contribution in [0.15, 0.2) is 36.7 Å². The molecule has 3 aromatic rings. The van der Waals surface area contributed by atoms with E-state index in [1.807, 2.05) is 6.07 Å². The Kier molecular flexibility index (Phi) is 9.29. The van der Waals surface area contributed by atoms with Crippen LogP contribution in [0.3, 0.4) is 0 Å². The van der Waals surface area contributed by atoms with Crippen molar-refractivity contribution in [2.75, 3.05) is 45.8 Å². The van der Waals surface area contributed by atoms with Crippen LogP contribution >= 0.6 is 0 Å². The van der Waals surface area contributed by atoms with Gasteiger partial charge in [0.05, 0.1) is 32.0 Å². The van der Waals surface area contributed by atoms with Gasteiger partial charge in [-0.3, -0.25) is 0 Å². The molecule has 0 saturated carbocycles. The lowest BCUT2D eigenvalue weighted by molar-refractivity contribution is -0.131. The number of fused-ring (bicyclic) bond motifs is 1. The summed E-state index contributed by atoms with van der Waals surface area (Å²) in [4.78, 5) is 22.1. The molecule has 3 N–H and O–H groups in total. The van der Waals surface area contributed by atoms with E-state index in [0.29, 0.717) is 46.1 Å². The molecule has 0 saturated heterocycles. The minimum atomic E-state index is -1.10. The van der Waals surface area contributed by atoms with Crippen molar-refractivity contribution in [1.29, 1.82) is 0 Å². The van der Waals surface area contributed by atoms with Crippen LogP contribution in [0.5, 0.6) is 23.0 Å². The fraction of sp³-hybridized carbons (Fsp3) is 0.346. The van der Waals surface area contributed by atoms with Crippen molar-refractivity contribution in [3.63, 3.8) is 0 Å². The summed E-state index contributed by atoms with van der Waals surface area (Å²) in [6, 6.07) is 6.57. The Hall–Kier alpha value is -4.05. The molecule has 192 valence electrons. The van der Waals surface area contributed by atoms with Crippen molar-refractivity contribution in [2.45, 2.75) is 20.3 Å². The number of carbonyl (C=O) groups is 1. The zero-order valence-corrected chi connectivity index (χ0v) is 20.9. The summed E-state index contributed by atoms with van der Waals surface area (Å²) in [6.45, 7) is 7.71. The van der Waals surface area contributed by atoms with E-state index in [4.69, 9.17) is 19.3 Å². The van der Waals surface area contributed by atoms with E-state index in [1.165, 1.54) is 31.6 Å². The number of phenolic OH excluding ortho intramolecular Hbond substituents is 1. The van der Waals surface area contributed by atoms with Crippen LogP contribution in [0.4, 0.5) is 11.5 Å². The predicted molar refractivity (Wildman–Crippen MR) is 139 cm³/mol. The number of hydrogen-bond donors (Lipinski definition) is 3. The number of phenols is 1. The molecule has 0 amide bonds. The molecule has 10 nitrogen and oxygen atoms in total. The molecule has 2 aromatic carbocycles. The van der Waals surface area contributed by atoms with E-state index in [2.05, 4.69) is 34.0 Å². The summed E-state index contributed by atoms with van der Waals surface area (Å²) in [7, 11) is 2.99. The Morgan fingerprint density at radius 2 is 1.81 bits per heavy atom. The summed E-state index contributed by atoms with van der Waals surface area (Å²) >= 11 is 0.